The average Bonchev–Trinajstić information content (AvgIpc) is 2.54. The zero-order valence-corrected chi connectivity index (χ0v) is 8.12. The van der Waals surface area contributed by atoms with Crippen LogP contribution in [0.4, 0.5) is 0 Å². The van der Waals surface area contributed by atoms with Crippen LogP contribution in [0.1, 0.15) is 30.6 Å². The highest BCUT2D eigenvalue weighted by molar-refractivity contribution is 5.74. The zero-order chi connectivity index (χ0) is 9.76. The third kappa shape index (κ3) is 0.884. The molecular formula is C12H12O2. The molecule has 1 fully saturated rings. The Bertz CT molecular complexity index is 411. The molecule has 2 atom stereocenters. The predicted molar refractivity (Wildman–Crippen MR) is 51.7 cm³/mol. The van der Waals surface area contributed by atoms with Gasteiger partial charge in [-0.3, -0.25) is 4.79 Å². The van der Waals surface area contributed by atoms with Crippen molar-refractivity contribution in [1.29, 1.82) is 0 Å². The first-order chi connectivity index (χ1) is 6.69. The lowest BCUT2D eigenvalue weighted by atomic mass is 9.84. The van der Waals surface area contributed by atoms with Crippen LogP contribution in [0.5, 0.6) is 0 Å². The monoisotopic (exact) mass is 188 g/mol. The molecule has 0 unspecified atom stereocenters. The number of fused-ring (bicyclic) bond motifs is 3. The molecule has 0 N–H and O–H groups in total. The smallest absolute Gasteiger partial charge is 0.307 e. The Morgan fingerprint density at radius 1 is 1.36 bits per heavy atom. The van der Waals surface area contributed by atoms with Crippen LogP contribution in [0.15, 0.2) is 24.3 Å². The largest absolute Gasteiger partial charge is 0.457 e. The Labute approximate surface area is 82.9 Å². The van der Waals surface area contributed by atoms with Crippen molar-refractivity contribution in [2.75, 3.05) is 0 Å². The lowest BCUT2D eigenvalue weighted by molar-refractivity contribution is -0.141. The van der Waals surface area contributed by atoms with Crippen LogP contribution >= 0.6 is 0 Å². The minimum absolute atomic E-state index is 0.00574. The molecule has 0 aromatic heterocycles. The molecule has 0 amide bonds. The van der Waals surface area contributed by atoms with E-state index in [1.807, 2.05) is 12.1 Å². The molecule has 14 heavy (non-hydrogen) atoms. The van der Waals surface area contributed by atoms with E-state index in [2.05, 4.69) is 19.1 Å². The number of esters is 1. The molecule has 1 aliphatic carbocycles. The summed E-state index contributed by atoms with van der Waals surface area (Å²) in [6.45, 7) is 2.14. The summed E-state index contributed by atoms with van der Waals surface area (Å²) in [5, 5.41) is 0. The third-order valence-corrected chi connectivity index (χ3v) is 3.36. The van der Waals surface area contributed by atoms with Gasteiger partial charge in [0.2, 0.25) is 0 Å². The van der Waals surface area contributed by atoms with Crippen molar-refractivity contribution >= 4 is 5.97 Å². The highest BCUT2D eigenvalue weighted by atomic mass is 16.6. The Morgan fingerprint density at radius 2 is 2.14 bits per heavy atom. The number of hydrogen-bond acceptors (Lipinski definition) is 2. The second kappa shape index (κ2) is 2.38. The lowest BCUT2D eigenvalue weighted by Crippen LogP contribution is -2.16. The highest BCUT2D eigenvalue weighted by Crippen LogP contribution is 2.53. The van der Waals surface area contributed by atoms with Crippen molar-refractivity contribution < 1.29 is 9.53 Å². The van der Waals surface area contributed by atoms with Gasteiger partial charge >= 0.3 is 5.97 Å². The van der Waals surface area contributed by atoms with Gasteiger partial charge in [-0.2, -0.15) is 0 Å². The van der Waals surface area contributed by atoms with E-state index in [0.29, 0.717) is 6.42 Å². The quantitative estimate of drug-likeness (QED) is 0.583. The summed E-state index contributed by atoms with van der Waals surface area (Å²) in [4.78, 5) is 11.2. The van der Waals surface area contributed by atoms with Gasteiger partial charge in [-0.25, -0.2) is 0 Å². The second-order valence-electron chi connectivity index (χ2n) is 4.58. The number of hydrogen-bond donors (Lipinski definition) is 0. The Hall–Kier alpha value is -1.31. The Kier molecular flexibility index (Phi) is 1.37. The highest BCUT2D eigenvalue weighted by Gasteiger charge is 2.51. The van der Waals surface area contributed by atoms with Gasteiger partial charge in [0.1, 0.15) is 6.10 Å². The van der Waals surface area contributed by atoms with E-state index in [1.165, 1.54) is 11.1 Å². The number of rotatable bonds is 0. The zero-order valence-electron chi connectivity index (χ0n) is 8.12. The van der Waals surface area contributed by atoms with Crippen molar-refractivity contribution in [2.24, 2.45) is 5.41 Å². The van der Waals surface area contributed by atoms with Gasteiger partial charge in [0.25, 0.3) is 0 Å². The number of benzene rings is 1. The SMILES string of the molecule is C[C@@]12CC(=O)O[C@@H]1c1ccccc1C2. The normalized spacial score (nSPS) is 33.8. The van der Waals surface area contributed by atoms with Gasteiger partial charge in [0.05, 0.1) is 6.42 Å². The summed E-state index contributed by atoms with van der Waals surface area (Å²) in [7, 11) is 0. The number of carbonyl (C=O) groups is 1. The van der Waals surface area contributed by atoms with Crippen molar-refractivity contribution in [2.45, 2.75) is 25.9 Å². The molecule has 2 nitrogen and oxygen atoms in total. The van der Waals surface area contributed by atoms with Gasteiger partial charge in [-0.05, 0) is 17.5 Å². The van der Waals surface area contributed by atoms with E-state index >= 15 is 0 Å². The van der Waals surface area contributed by atoms with Crippen molar-refractivity contribution in [3.8, 4) is 0 Å². The second-order valence-corrected chi connectivity index (χ2v) is 4.58. The summed E-state index contributed by atoms with van der Waals surface area (Å²) < 4.78 is 5.38. The van der Waals surface area contributed by atoms with Crippen LogP contribution in [-0.4, -0.2) is 5.97 Å². The van der Waals surface area contributed by atoms with Crippen LogP contribution in [0.2, 0.25) is 0 Å². The molecule has 72 valence electrons. The van der Waals surface area contributed by atoms with Crippen molar-refractivity contribution in [3.05, 3.63) is 35.4 Å². The molecule has 0 bridgehead atoms. The molecule has 0 spiro atoms. The minimum Gasteiger partial charge on any atom is -0.457 e. The fourth-order valence-electron chi connectivity index (χ4n) is 2.72. The standard InChI is InChI=1S/C12H12O2/c1-12-6-8-4-2-3-5-9(8)11(12)14-10(13)7-12/h2-5,11H,6-7H2,1H3/t11-,12-/m1/s1. The van der Waals surface area contributed by atoms with Crippen molar-refractivity contribution in [1.82, 2.24) is 0 Å². The molecule has 3 rings (SSSR count). The van der Waals surface area contributed by atoms with Crippen molar-refractivity contribution in [3.63, 3.8) is 0 Å². The molecule has 1 saturated heterocycles. The van der Waals surface area contributed by atoms with Crippen LogP contribution in [0, 0.1) is 5.41 Å². The summed E-state index contributed by atoms with van der Waals surface area (Å²) in [5.74, 6) is -0.0491. The summed E-state index contributed by atoms with van der Waals surface area (Å²) in [6.07, 6.45) is 1.54. The van der Waals surface area contributed by atoms with Crippen LogP contribution in [0.3, 0.4) is 0 Å². The molecule has 1 heterocycles. The Morgan fingerprint density at radius 3 is 3.00 bits per heavy atom. The lowest BCUT2D eigenvalue weighted by Gasteiger charge is -2.19. The van der Waals surface area contributed by atoms with E-state index in [4.69, 9.17) is 4.74 Å². The van der Waals surface area contributed by atoms with Gasteiger partial charge < -0.3 is 4.74 Å². The molecule has 2 aliphatic rings. The first kappa shape index (κ1) is 8.04. The maximum Gasteiger partial charge on any atom is 0.307 e. The van der Waals surface area contributed by atoms with E-state index < -0.39 is 0 Å². The van der Waals surface area contributed by atoms with E-state index in [1.54, 1.807) is 0 Å². The Balaban J connectivity index is 2.12. The molecular weight excluding hydrogens is 176 g/mol. The van der Waals surface area contributed by atoms with Gasteiger partial charge in [-0.15, -0.1) is 0 Å². The summed E-state index contributed by atoms with van der Waals surface area (Å²) >= 11 is 0. The molecule has 1 aliphatic heterocycles. The molecule has 1 aromatic carbocycles. The van der Waals surface area contributed by atoms with Gasteiger partial charge in [0, 0.05) is 5.41 Å². The number of carbonyl (C=O) groups excluding carboxylic acids is 1. The minimum atomic E-state index is -0.0491. The van der Waals surface area contributed by atoms with Crippen LogP contribution in [0.25, 0.3) is 0 Å². The molecule has 0 radical (unpaired) electrons. The topological polar surface area (TPSA) is 26.3 Å². The maximum absolute atomic E-state index is 11.2. The molecule has 2 heteroatoms. The van der Waals surface area contributed by atoms with E-state index in [9.17, 15) is 4.79 Å². The van der Waals surface area contributed by atoms with Gasteiger partial charge in [0.15, 0.2) is 0 Å². The maximum atomic E-state index is 11.2. The summed E-state index contributed by atoms with van der Waals surface area (Å²) in [6, 6.07) is 8.26. The first-order valence-electron chi connectivity index (χ1n) is 4.96. The van der Waals surface area contributed by atoms with E-state index in [-0.39, 0.29) is 17.5 Å². The first-order valence-corrected chi connectivity index (χ1v) is 4.96. The van der Waals surface area contributed by atoms with Gasteiger partial charge in [-0.1, -0.05) is 31.2 Å². The third-order valence-electron chi connectivity index (χ3n) is 3.36. The summed E-state index contributed by atoms with van der Waals surface area (Å²) in [5.41, 5.74) is 2.56. The molecule has 1 aromatic rings. The van der Waals surface area contributed by atoms with Crippen LogP contribution in [-0.2, 0) is 16.0 Å². The number of ether oxygens (including phenoxy) is 1. The molecule has 0 saturated carbocycles. The predicted octanol–water partition coefficient (Wildman–Crippen LogP) is 2.24. The fraction of sp³-hybridized carbons (Fsp3) is 0.417. The fourth-order valence-corrected chi connectivity index (χ4v) is 2.72. The van der Waals surface area contributed by atoms with E-state index in [0.717, 1.165) is 6.42 Å². The average molecular weight is 188 g/mol. The van der Waals surface area contributed by atoms with Crippen LogP contribution < -0.4 is 0 Å².